The minimum Gasteiger partial charge on any atom is -0.481 e. The Kier molecular flexibility index (Phi) is 5.71. The predicted octanol–water partition coefficient (Wildman–Crippen LogP) is 3.77. The third-order valence-corrected chi connectivity index (χ3v) is 5.40. The molecule has 3 rings (SSSR count). The maximum absolute atomic E-state index is 12.4. The van der Waals surface area contributed by atoms with Crippen LogP contribution in [-0.2, 0) is 16.0 Å². The Hall–Kier alpha value is -2.62. The topological polar surface area (TPSA) is 66.4 Å². The number of carbonyl (C=O) groups is 2. The summed E-state index contributed by atoms with van der Waals surface area (Å²) in [7, 11) is 0. The molecular formula is C22H25NO3. The van der Waals surface area contributed by atoms with Gasteiger partial charge in [0.05, 0.1) is 5.41 Å². The average Bonchev–Trinajstić information content (AvgIpc) is 2.63. The van der Waals surface area contributed by atoms with Crippen LogP contribution in [0.5, 0.6) is 0 Å². The van der Waals surface area contributed by atoms with Gasteiger partial charge in [0.2, 0.25) is 5.91 Å². The van der Waals surface area contributed by atoms with Gasteiger partial charge in [-0.15, -0.1) is 0 Å². The van der Waals surface area contributed by atoms with Crippen LogP contribution in [0.4, 0.5) is 0 Å². The number of carboxylic acids is 1. The van der Waals surface area contributed by atoms with E-state index in [2.05, 4.69) is 29.6 Å². The van der Waals surface area contributed by atoms with Gasteiger partial charge in [0.25, 0.3) is 0 Å². The second-order valence-corrected chi connectivity index (χ2v) is 7.22. The summed E-state index contributed by atoms with van der Waals surface area (Å²) < 4.78 is 0. The summed E-state index contributed by atoms with van der Waals surface area (Å²) in [5, 5.41) is 12.4. The Morgan fingerprint density at radius 3 is 2.15 bits per heavy atom. The van der Waals surface area contributed by atoms with Crippen LogP contribution in [0.25, 0.3) is 0 Å². The number of benzene rings is 2. The molecular weight excluding hydrogens is 326 g/mol. The van der Waals surface area contributed by atoms with Gasteiger partial charge < -0.3 is 10.4 Å². The molecule has 1 atom stereocenters. The van der Waals surface area contributed by atoms with Gasteiger partial charge in [0.15, 0.2) is 0 Å². The van der Waals surface area contributed by atoms with Crippen molar-refractivity contribution in [2.75, 3.05) is 6.54 Å². The minimum absolute atomic E-state index is 0.0786. The molecule has 1 fully saturated rings. The Bertz CT molecular complexity index is 738. The lowest BCUT2D eigenvalue weighted by molar-refractivity contribution is -0.157. The van der Waals surface area contributed by atoms with E-state index in [1.165, 1.54) is 11.1 Å². The molecule has 1 saturated carbocycles. The number of hydrogen-bond donors (Lipinski definition) is 2. The lowest BCUT2D eigenvalue weighted by Gasteiger charge is -2.37. The minimum atomic E-state index is -0.845. The van der Waals surface area contributed by atoms with Gasteiger partial charge in [0, 0.05) is 18.9 Å². The molecule has 136 valence electrons. The van der Waals surface area contributed by atoms with E-state index in [-0.39, 0.29) is 18.2 Å². The highest BCUT2D eigenvalue weighted by atomic mass is 16.4. The van der Waals surface area contributed by atoms with Crippen LogP contribution >= 0.6 is 0 Å². The van der Waals surface area contributed by atoms with Gasteiger partial charge in [-0.1, -0.05) is 67.1 Å². The van der Waals surface area contributed by atoms with E-state index in [0.717, 1.165) is 12.8 Å². The first kappa shape index (κ1) is 18.2. The van der Waals surface area contributed by atoms with Gasteiger partial charge in [-0.25, -0.2) is 0 Å². The molecule has 0 radical (unpaired) electrons. The molecule has 1 aliphatic rings. The molecule has 1 aliphatic carbocycles. The molecule has 0 saturated heterocycles. The van der Waals surface area contributed by atoms with Gasteiger partial charge in [-0.05, 0) is 30.4 Å². The van der Waals surface area contributed by atoms with Crippen molar-refractivity contribution < 1.29 is 14.7 Å². The lowest BCUT2D eigenvalue weighted by atomic mass is 9.66. The van der Waals surface area contributed by atoms with Crippen molar-refractivity contribution >= 4 is 11.9 Å². The molecule has 0 spiro atoms. The van der Waals surface area contributed by atoms with E-state index in [0.29, 0.717) is 19.4 Å². The summed E-state index contributed by atoms with van der Waals surface area (Å²) >= 11 is 0. The Labute approximate surface area is 154 Å². The molecule has 4 nitrogen and oxygen atoms in total. The molecule has 1 unspecified atom stereocenters. The molecule has 2 N–H and O–H groups in total. The molecule has 4 heteroatoms. The first-order valence-electron chi connectivity index (χ1n) is 9.18. The second kappa shape index (κ2) is 8.17. The number of amides is 1. The molecule has 0 aliphatic heterocycles. The first-order valence-corrected chi connectivity index (χ1v) is 9.18. The molecule has 26 heavy (non-hydrogen) atoms. The number of carbonyl (C=O) groups excluding carboxylic acids is 1. The summed E-state index contributed by atoms with van der Waals surface area (Å²) in [4.78, 5) is 23.8. The van der Waals surface area contributed by atoms with Crippen molar-refractivity contribution in [3.63, 3.8) is 0 Å². The van der Waals surface area contributed by atoms with Crippen LogP contribution in [0.15, 0.2) is 60.7 Å². The van der Waals surface area contributed by atoms with Crippen molar-refractivity contribution in [1.82, 2.24) is 5.32 Å². The molecule has 2 aromatic carbocycles. The van der Waals surface area contributed by atoms with Crippen LogP contribution in [0.1, 0.15) is 42.7 Å². The van der Waals surface area contributed by atoms with Crippen LogP contribution < -0.4 is 5.32 Å². The first-order chi connectivity index (χ1) is 12.6. The average molecular weight is 351 g/mol. The number of aliphatic carboxylic acids is 1. The van der Waals surface area contributed by atoms with E-state index < -0.39 is 11.4 Å². The van der Waals surface area contributed by atoms with Crippen molar-refractivity contribution in [3.05, 3.63) is 71.8 Å². The van der Waals surface area contributed by atoms with E-state index in [4.69, 9.17) is 0 Å². The number of nitrogens with one attached hydrogen (secondary N) is 1. The van der Waals surface area contributed by atoms with Gasteiger partial charge in [0.1, 0.15) is 0 Å². The number of rotatable bonds is 8. The monoisotopic (exact) mass is 351 g/mol. The van der Waals surface area contributed by atoms with Crippen LogP contribution in [0.2, 0.25) is 0 Å². The zero-order valence-electron chi connectivity index (χ0n) is 14.9. The van der Waals surface area contributed by atoms with Crippen LogP contribution in [0, 0.1) is 5.41 Å². The third kappa shape index (κ3) is 4.31. The standard InChI is InChI=1S/C22H25NO3/c24-20(15-22(21(25)26)12-7-13-22)23-16-19(18-10-5-2-6-11-18)14-17-8-3-1-4-9-17/h1-6,8-11,19H,7,12-16H2,(H,23,24)(H,25,26). The largest absolute Gasteiger partial charge is 0.481 e. The quantitative estimate of drug-likeness (QED) is 0.761. The summed E-state index contributed by atoms with van der Waals surface area (Å²) in [6.45, 7) is 0.507. The smallest absolute Gasteiger partial charge is 0.310 e. The summed E-state index contributed by atoms with van der Waals surface area (Å²) in [6, 6.07) is 20.3. The van der Waals surface area contributed by atoms with E-state index in [1.54, 1.807) is 0 Å². The highest BCUT2D eigenvalue weighted by Gasteiger charge is 2.45. The van der Waals surface area contributed by atoms with Crippen molar-refractivity contribution in [2.24, 2.45) is 5.41 Å². The highest BCUT2D eigenvalue weighted by molar-refractivity contribution is 5.85. The Morgan fingerprint density at radius 1 is 1.00 bits per heavy atom. The fraction of sp³-hybridized carbons (Fsp3) is 0.364. The van der Waals surface area contributed by atoms with E-state index in [1.807, 2.05) is 36.4 Å². The number of hydrogen-bond acceptors (Lipinski definition) is 2. The second-order valence-electron chi connectivity index (χ2n) is 7.22. The molecule has 0 heterocycles. The zero-order valence-corrected chi connectivity index (χ0v) is 14.9. The fourth-order valence-electron chi connectivity index (χ4n) is 3.61. The van der Waals surface area contributed by atoms with Crippen molar-refractivity contribution in [3.8, 4) is 0 Å². The Morgan fingerprint density at radius 2 is 1.62 bits per heavy atom. The van der Waals surface area contributed by atoms with Crippen LogP contribution in [-0.4, -0.2) is 23.5 Å². The lowest BCUT2D eigenvalue weighted by Crippen LogP contribution is -2.43. The SMILES string of the molecule is O=C(CC1(C(=O)O)CCC1)NCC(Cc1ccccc1)c1ccccc1. The fourth-order valence-corrected chi connectivity index (χ4v) is 3.61. The summed E-state index contributed by atoms with van der Waals surface area (Å²) in [6.07, 6.45) is 2.99. The normalized spacial score (nSPS) is 16.3. The summed E-state index contributed by atoms with van der Waals surface area (Å²) in [5.41, 5.74) is 1.55. The number of carboxylic acid groups (broad SMARTS) is 1. The highest BCUT2D eigenvalue weighted by Crippen LogP contribution is 2.44. The van der Waals surface area contributed by atoms with E-state index in [9.17, 15) is 14.7 Å². The summed E-state index contributed by atoms with van der Waals surface area (Å²) in [5.74, 6) is -0.853. The van der Waals surface area contributed by atoms with Crippen LogP contribution in [0.3, 0.4) is 0 Å². The van der Waals surface area contributed by atoms with Gasteiger partial charge in [-0.2, -0.15) is 0 Å². The predicted molar refractivity (Wildman–Crippen MR) is 101 cm³/mol. The Balaban J connectivity index is 1.64. The van der Waals surface area contributed by atoms with Crippen molar-refractivity contribution in [2.45, 2.75) is 38.0 Å². The molecule has 0 aromatic heterocycles. The maximum atomic E-state index is 12.4. The van der Waals surface area contributed by atoms with Gasteiger partial charge in [-0.3, -0.25) is 9.59 Å². The molecule has 2 aromatic rings. The van der Waals surface area contributed by atoms with Crippen molar-refractivity contribution in [1.29, 1.82) is 0 Å². The van der Waals surface area contributed by atoms with E-state index >= 15 is 0 Å². The molecule has 1 amide bonds. The third-order valence-electron chi connectivity index (χ3n) is 5.40. The zero-order chi connectivity index (χ0) is 18.4. The molecule has 0 bridgehead atoms. The maximum Gasteiger partial charge on any atom is 0.310 e. The van der Waals surface area contributed by atoms with Gasteiger partial charge >= 0.3 is 5.97 Å².